The minimum atomic E-state index is -0.601. The summed E-state index contributed by atoms with van der Waals surface area (Å²) in [5.41, 5.74) is 7.00. The Bertz CT molecular complexity index is 2380. The van der Waals surface area contributed by atoms with Crippen molar-refractivity contribution in [2.75, 3.05) is 48.3 Å². The number of benzene rings is 1. The van der Waals surface area contributed by atoms with Gasteiger partial charge in [-0.3, -0.25) is 29.6 Å². The van der Waals surface area contributed by atoms with Gasteiger partial charge in [-0.05, 0) is 81.0 Å². The number of carbonyl (C=O) groups is 4. The summed E-state index contributed by atoms with van der Waals surface area (Å²) in [6.45, 7) is 7.12. The molecule has 4 aromatic heterocycles. The molecule has 1 aromatic carbocycles. The van der Waals surface area contributed by atoms with Gasteiger partial charge in [-0.1, -0.05) is 18.0 Å². The Morgan fingerprint density at radius 3 is 2.60 bits per heavy atom. The average Bonchev–Trinajstić information content (AvgIpc) is 3.58. The molecule has 0 bridgehead atoms. The summed E-state index contributed by atoms with van der Waals surface area (Å²) in [4.78, 5) is 70.1. The summed E-state index contributed by atoms with van der Waals surface area (Å²) in [6.07, 6.45) is 12.7. The first kappa shape index (κ1) is 37.4. The number of piperidine rings is 1. The maximum Gasteiger partial charge on any atom is 0.323 e. The lowest BCUT2D eigenvalue weighted by molar-refractivity contribution is -0.136. The molecule has 3 N–H and O–H groups in total. The number of anilines is 3. The average molecular weight is 787 g/mol. The van der Waals surface area contributed by atoms with Crippen LogP contribution in [0.5, 0.6) is 0 Å². The Balaban J connectivity index is 0.684. The molecule has 9 rings (SSSR count). The van der Waals surface area contributed by atoms with Crippen LogP contribution in [0, 0.1) is 6.92 Å². The number of rotatable bonds is 13. The Morgan fingerprint density at radius 2 is 1.79 bits per heavy atom. The Kier molecular flexibility index (Phi) is 10.3. The van der Waals surface area contributed by atoms with Crippen LogP contribution in [0.3, 0.4) is 0 Å². The molecule has 5 amide bonds. The summed E-state index contributed by atoms with van der Waals surface area (Å²) in [6, 6.07) is 8.67. The predicted molar refractivity (Wildman–Crippen MR) is 213 cm³/mol. The van der Waals surface area contributed by atoms with Crippen LogP contribution in [-0.4, -0.2) is 102 Å². The van der Waals surface area contributed by atoms with Crippen LogP contribution < -0.4 is 20.9 Å². The molecule has 0 radical (unpaired) electrons. The summed E-state index contributed by atoms with van der Waals surface area (Å²) in [5, 5.41) is 16.7. The second-order valence-corrected chi connectivity index (χ2v) is 15.6. The molecule has 4 aliphatic rings. The van der Waals surface area contributed by atoms with Crippen molar-refractivity contribution in [3.63, 3.8) is 0 Å². The summed E-state index contributed by atoms with van der Waals surface area (Å²) in [5.74, 6) is 0.559. The highest BCUT2D eigenvalue weighted by atomic mass is 16.5. The van der Waals surface area contributed by atoms with Gasteiger partial charge in [-0.15, -0.1) is 0 Å². The zero-order chi connectivity index (χ0) is 39.8. The Hall–Kier alpha value is -6.23. The van der Waals surface area contributed by atoms with Crippen LogP contribution in [-0.2, 0) is 22.6 Å². The largest absolute Gasteiger partial charge is 0.369 e. The second kappa shape index (κ2) is 16.0. The maximum atomic E-state index is 13.1. The first-order chi connectivity index (χ1) is 28.3. The van der Waals surface area contributed by atoms with Crippen LogP contribution in [0.2, 0.25) is 0 Å². The second-order valence-electron chi connectivity index (χ2n) is 15.6. The molecule has 1 unspecified atom stereocenters. The minimum Gasteiger partial charge on any atom is -0.369 e. The smallest absolute Gasteiger partial charge is 0.323 e. The summed E-state index contributed by atoms with van der Waals surface area (Å²) >= 11 is 0. The van der Waals surface area contributed by atoms with E-state index in [1.165, 1.54) is 0 Å². The van der Waals surface area contributed by atoms with E-state index in [0.717, 1.165) is 99.4 Å². The highest BCUT2D eigenvalue weighted by Gasteiger charge is 2.39. The van der Waals surface area contributed by atoms with E-state index in [1.54, 1.807) is 28.0 Å². The lowest BCUT2D eigenvalue weighted by Gasteiger charge is -2.36. The number of unbranched alkanes of at least 4 members (excludes halogenated alkanes) is 3. The number of amides is 5. The Labute approximate surface area is 334 Å². The molecule has 1 aliphatic carbocycles. The number of urea groups is 1. The van der Waals surface area contributed by atoms with E-state index < -0.39 is 6.04 Å². The number of hydrogen-bond acceptors (Lipinski definition) is 12. The number of hydrogen-bond donors (Lipinski definition) is 3. The standard InChI is InChI=1S/C41H46N12O5/c1-25-20-28(45-41(57)46-31-23-42-33-13-14-44-53(33)37(31)26-7-8-26)22-43-36(25)38-48-35(58-49-38)6-4-2-3-5-15-50-16-18-51(19-17-50)29-9-10-30-27(21-29)24-52(40(30)56)32-11-12-34(54)47-39(32)55/h9-10,13-14,20-23,26,32H,2-8,11-12,15-19,24H2,1H3,(H2,45,46,57)(H,47,54,55). The Morgan fingerprint density at radius 1 is 0.948 bits per heavy atom. The molecule has 1 atom stereocenters. The molecule has 3 aliphatic heterocycles. The van der Waals surface area contributed by atoms with Gasteiger partial charge in [0.2, 0.25) is 23.5 Å². The van der Waals surface area contributed by atoms with Crippen molar-refractivity contribution in [2.24, 2.45) is 0 Å². The fourth-order valence-electron chi connectivity index (χ4n) is 8.30. The van der Waals surface area contributed by atoms with Crippen molar-refractivity contribution >= 4 is 46.5 Å². The van der Waals surface area contributed by atoms with Gasteiger partial charge in [-0.2, -0.15) is 10.1 Å². The SMILES string of the molecule is Cc1cc(NC(=O)Nc2cnc3ccnn3c2C2CC2)cnc1-c1noc(CCCCCCN2CCN(c3ccc4c(c3)CN(C3CCC(=O)NC3=O)C4=O)CC2)n1. The molecule has 17 heteroatoms. The zero-order valence-corrected chi connectivity index (χ0v) is 32.4. The van der Waals surface area contributed by atoms with E-state index in [9.17, 15) is 19.2 Å². The molecule has 7 heterocycles. The van der Waals surface area contributed by atoms with Crippen LogP contribution in [0.4, 0.5) is 21.9 Å². The molecule has 1 saturated carbocycles. The monoisotopic (exact) mass is 786 g/mol. The molecule has 0 spiro atoms. The van der Waals surface area contributed by atoms with Crippen molar-refractivity contribution in [1.29, 1.82) is 0 Å². The molecular formula is C41H46N12O5. The maximum absolute atomic E-state index is 13.1. The molecule has 3 fully saturated rings. The van der Waals surface area contributed by atoms with Gasteiger partial charge in [0.05, 0.1) is 35.7 Å². The molecule has 58 heavy (non-hydrogen) atoms. The van der Waals surface area contributed by atoms with Gasteiger partial charge in [0, 0.05) is 68.8 Å². The van der Waals surface area contributed by atoms with Gasteiger partial charge < -0.3 is 25.0 Å². The number of aromatic nitrogens is 6. The molecular weight excluding hydrogens is 741 g/mol. The molecule has 2 saturated heterocycles. The van der Waals surface area contributed by atoms with E-state index in [4.69, 9.17) is 4.52 Å². The van der Waals surface area contributed by atoms with E-state index in [1.807, 2.05) is 31.2 Å². The van der Waals surface area contributed by atoms with Gasteiger partial charge in [0.15, 0.2) is 5.65 Å². The normalized spacial score (nSPS) is 18.5. The molecule has 17 nitrogen and oxygen atoms in total. The van der Waals surface area contributed by atoms with Gasteiger partial charge >= 0.3 is 6.03 Å². The number of fused-ring (bicyclic) bond motifs is 2. The van der Waals surface area contributed by atoms with Crippen molar-refractivity contribution in [2.45, 2.75) is 83.2 Å². The molecule has 300 valence electrons. The lowest BCUT2D eigenvalue weighted by Crippen LogP contribution is -2.52. The minimum absolute atomic E-state index is 0.142. The highest BCUT2D eigenvalue weighted by Crippen LogP contribution is 2.43. The van der Waals surface area contributed by atoms with E-state index in [2.05, 4.69) is 57.0 Å². The van der Waals surface area contributed by atoms with Crippen molar-refractivity contribution in [1.82, 2.24) is 44.8 Å². The van der Waals surface area contributed by atoms with Crippen molar-refractivity contribution in [3.8, 4) is 11.5 Å². The number of carbonyl (C=O) groups excluding carboxylic acids is 4. The number of pyridine rings is 1. The number of nitrogens with one attached hydrogen (secondary N) is 3. The summed E-state index contributed by atoms with van der Waals surface area (Å²) in [7, 11) is 0. The third-order valence-corrected chi connectivity index (χ3v) is 11.5. The van der Waals surface area contributed by atoms with E-state index in [-0.39, 0.29) is 30.2 Å². The highest BCUT2D eigenvalue weighted by molar-refractivity contribution is 6.05. The van der Waals surface area contributed by atoms with Crippen LogP contribution in [0.1, 0.15) is 90.4 Å². The van der Waals surface area contributed by atoms with Crippen LogP contribution in [0.25, 0.3) is 17.2 Å². The van der Waals surface area contributed by atoms with Crippen molar-refractivity contribution < 1.29 is 23.7 Å². The van der Waals surface area contributed by atoms with E-state index in [0.29, 0.717) is 59.7 Å². The first-order valence-corrected chi connectivity index (χ1v) is 20.2. The first-order valence-electron chi connectivity index (χ1n) is 20.2. The topological polar surface area (TPSA) is 196 Å². The fraction of sp³-hybridized carbons (Fsp3) is 0.439. The molecule has 5 aromatic rings. The number of aryl methyl sites for hydroxylation is 2. The third-order valence-electron chi connectivity index (χ3n) is 11.5. The van der Waals surface area contributed by atoms with Gasteiger partial charge in [0.1, 0.15) is 11.7 Å². The van der Waals surface area contributed by atoms with Gasteiger partial charge in [-0.25, -0.2) is 14.3 Å². The number of nitrogens with zero attached hydrogens (tertiary/aromatic N) is 9. The quantitative estimate of drug-likeness (QED) is 0.110. The predicted octanol–water partition coefficient (Wildman–Crippen LogP) is 4.69. The third kappa shape index (κ3) is 7.85. The van der Waals surface area contributed by atoms with Gasteiger partial charge in [0.25, 0.3) is 5.91 Å². The summed E-state index contributed by atoms with van der Waals surface area (Å²) < 4.78 is 7.36. The number of imide groups is 1. The lowest BCUT2D eigenvalue weighted by atomic mass is 10.0. The van der Waals surface area contributed by atoms with Crippen LogP contribution in [0.15, 0.2) is 53.4 Å². The zero-order valence-electron chi connectivity index (χ0n) is 32.4. The van der Waals surface area contributed by atoms with E-state index >= 15 is 0 Å². The van der Waals surface area contributed by atoms with Crippen LogP contribution >= 0.6 is 0 Å². The number of piperazine rings is 1. The fourth-order valence-corrected chi connectivity index (χ4v) is 8.30. The van der Waals surface area contributed by atoms with Crippen molar-refractivity contribution in [3.05, 3.63) is 77.2 Å².